The van der Waals surface area contributed by atoms with Crippen LogP contribution in [0, 0.1) is 11.6 Å². The van der Waals surface area contributed by atoms with E-state index in [4.69, 9.17) is 0 Å². The van der Waals surface area contributed by atoms with Crippen LogP contribution in [-0.2, 0) is 6.54 Å². The van der Waals surface area contributed by atoms with Crippen LogP contribution < -0.4 is 5.56 Å². The molecule has 29 heavy (non-hydrogen) atoms. The summed E-state index contributed by atoms with van der Waals surface area (Å²) in [6.45, 7) is 2.30. The molecule has 0 spiro atoms. The van der Waals surface area contributed by atoms with Crippen molar-refractivity contribution in [3.63, 3.8) is 0 Å². The minimum absolute atomic E-state index is 0.209. The van der Waals surface area contributed by atoms with E-state index in [0.717, 1.165) is 29.9 Å². The van der Waals surface area contributed by atoms with Gasteiger partial charge >= 0.3 is 0 Å². The van der Waals surface area contributed by atoms with Gasteiger partial charge in [0.25, 0.3) is 5.56 Å². The number of aromatic nitrogens is 3. The zero-order valence-corrected chi connectivity index (χ0v) is 15.5. The minimum atomic E-state index is -0.318. The smallest absolute Gasteiger partial charge is 0.274 e. The zero-order valence-electron chi connectivity index (χ0n) is 15.5. The van der Waals surface area contributed by atoms with Gasteiger partial charge in [0.1, 0.15) is 23.0 Å². The number of imidazole rings is 1. The SMILES string of the molecule is O=c1[nH]c(CN2CC(c3ccc(F)cc3)C2)cn2c(-c3ccc(F)cc3)ncc12. The number of hydrogen-bond acceptors (Lipinski definition) is 3. The Hall–Kier alpha value is -3.32. The first-order valence-electron chi connectivity index (χ1n) is 9.40. The number of H-pyrrole nitrogens is 1. The Balaban J connectivity index is 1.37. The molecule has 1 aliphatic heterocycles. The van der Waals surface area contributed by atoms with Gasteiger partial charge in [0.15, 0.2) is 0 Å². The molecule has 0 amide bonds. The van der Waals surface area contributed by atoms with Gasteiger partial charge < -0.3 is 4.98 Å². The fraction of sp³-hybridized carbons (Fsp3) is 0.182. The molecule has 1 aliphatic rings. The Morgan fingerprint density at radius 2 is 1.66 bits per heavy atom. The first-order chi connectivity index (χ1) is 14.1. The van der Waals surface area contributed by atoms with Crippen molar-refractivity contribution in [1.29, 1.82) is 0 Å². The first kappa shape index (κ1) is 17.8. The third kappa shape index (κ3) is 3.34. The van der Waals surface area contributed by atoms with Crippen LogP contribution in [0.3, 0.4) is 0 Å². The summed E-state index contributed by atoms with van der Waals surface area (Å²) in [5.41, 5.74) is 2.88. The number of likely N-dealkylation sites (tertiary alicyclic amines) is 1. The Bertz CT molecular complexity index is 1220. The van der Waals surface area contributed by atoms with Gasteiger partial charge in [-0.05, 0) is 42.0 Å². The molecular formula is C22H18F2N4O. The summed E-state index contributed by atoms with van der Waals surface area (Å²) < 4.78 is 28.1. The highest BCUT2D eigenvalue weighted by molar-refractivity contribution is 5.61. The molecule has 1 fully saturated rings. The van der Waals surface area contributed by atoms with Gasteiger partial charge in [-0.2, -0.15) is 0 Å². The van der Waals surface area contributed by atoms with E-state index in [-0.39, 0.29) is 17.2 Å². The molecule has 1 saturated heterocycles. The molecule has 0 atom stereocenters. The maximum absolute atomic E-state index is 13.2. The normalized spacial score (nSPS) is 15.0. The Labute approximate surface area is 165 Å². The molecule has 4 aromatic rings. The van der Waals surface area contributed by atoms with E-state index in [1.54, 1.807) is 16.5 Å². The lowest BCUT2D eigenvalue weighted by atomic mass is 9.91. The quantitative estimate of drug-likeness (QED) is 0.578. The van der Waals surface area contributed by atoms with E-state index in [1.807, 2.05) is 18.3 Å². The van der Waals surface area contributed by atoms with E-state index in [9.17, 15) is 13.6 Å². The number of nitrogens with zero attached hydrogens (tertiary/aromatic N) is 3. The second-order valence-corrected chi connectivity index (χ2v) is 7.39. The van der Waals surface area contributed by atoms with Crippen molar-refractivity contribution in [1.82, 2.24) is 19.3 Å². The van der Waals surface area contributed by atoms with Gasteiger partial charge in [0.05, 0.1) is 6.20 Å². The predicted molar refractivity (Wildman–Crippen MR) is 106 cm³/mol. The second kappa shape index (κ2) is 6.93. The first-order valence-corrected chi connectivity index (χ1v) is 9.40. The van der Waals surface area contributed by atoms with E-state index in [1.165, 1.54) is 30.5 Å². The van der Waals surface area contributed by atoms with Gasteiger partial charge in [-0.25, -0.2) is 13.8 Å². The molecule has 3 heterocycles. The molecule has 2 aromatic carbocycles. The van der Waals surface area contributed by atoms with E-state index in [0.29, 0.717) is 23.8 Å². The molecule has 5 rings (SSSR count). The van der Waals surface area contributed by atoms with Crippen molar-refractivity contribution in [2.24, 2.45) is 0 Å². The van der Waals surface area contributed by atoms with E-state index in [2.05, 4.69) is 14.9 Å². The third-order valence-corrected chi connectivity index (χ3v) is 5.38. The number of rotatable bonds is 4. The zero-order chi connectivity index (χ0) is 20.0. The van der Waals surface area contributed by atoms with Crippen LogP contribution in [0.25, 0.3) is 16.9 Å². The molecule has 0 aliphatic carbocycles. The van der Waals surface area contributed by atoms with E-state index >= 15 is 0 Å². The number of fused-ring (bicyclic) bond motifs is 1. The van der Waals surface area contributed by atoms with Crippen LogP contribution in [0.5, 0.6) is 0 Å². The van der Waals surface area contributed by atoms with Crippen LogP contribution in [0.4, 0.5) is 8.78 Å². The largest absolute Gasteiger partial charge is 0.322 e. The fourth-order valence-electron chi connectivity index (χ4n) is 3.84. The summed E-state index contributed by atoms with van der Waals surface area (Å²) in [6, 6.07) is 12.7. The highest BCUT2D eigenvalue weighted by atomic mass is 19.1. The highest BCUT2D eigenvalue weighted by Crippen LogP contribution is 2.28. The summed E-state index contributed by atoms with van der Waals surface area (Å²) >= 11 is 0. The summed E-state index contributed by atoms with van der Waals surface area (Å²) in [6.07, 6.45) is 3.39. The molecule has 146 valence electrons. The summed E-state index contributed by atoms with van der Waals surface area (Å²) in [4.78, 5) is 22.0. The number of nitrogens with one attached hydrogen (secondary N) is 1. The van der Waals surface area contributed by atoms with E-state index < -0.39 is 0 Å². The average molecular weight is 392 g/mol. The minimum Gasteiger partial charge on any atom is -0.322 e. The highest BCUT2D eigenvalue weighted by Gasteiger charge is 2.28. The van der Waals surface area contributed by atoms with Crippen molar-refractivity contribution >= 4 is 5.52 Å². The van der Waals surface area contributed by atoms with Crippen molar-refractivity contribution in [3.05, 3.63) is 94.2 Å². The van der Waals surface area contributed by atoms with Gasteiger partial charge in [-0.15, -0.1) is 0 Å². The number of hydrogen-bond donors (Lipinski definition) is 1. The summed E-state index contributed by atoms with van der Waals surface area (Å²) in [7, 11) is 0. The lowest BCUT2D eigenvalue weighted by Crippen LogP contribution is -2.44. The lowest BCUT2D eigenvalue weighted by molar-refractivity contribution is 0.137. The van der Waals surface area contributed by atoms with Crippen molar-refractivity contribution in [3.8, 4) is 11.4 Å². The number of halogens is 2. The maximum Gasteiger partial charge on any atom is 0.274 e. The summed E-state index contributed by atoms with van der Waals surface area (Å²) in [5.74, 6) is 0.420. The second-order valence-electron chi connectivity index (χ2n) is 7.39. The van der Waals surface area contributed by atoms with Crippen LogP contribution in [-0.4, -0.2) is 32.4 Å². The fourth-order valence-corrected chi connectivity index (χ4v) is 3.84. The average Bonchev–Trinajstić information content (AvgIpc) is 3.10. The monoisotopic (exact) mass is 392 g/mol. The molecule has 5 nitrogen and oxygen atoms in total. The maximum atomic E-state index is 13.2. The standard InChI is InChI=1S/C22H18F2N4O/c23-17-5-1-14(2-6-17)16-10-27(11-16)12-19-13-28-20(22(29)26-19)9-25-21(28)15-3-7-18(24)8-4-15/h1-9,13,16H,10-12H2,(H,26,29). The Morgan fingerprint density at radius 1 is 1.00 bits per heavy atom. The van der Waals surface area contributed by atoms with Gasteiger partial charge in [-0.1, -0.05) is 12.1 Å². The number of aromatic amines is 1. The Morgan fingerprint density at radius 3 is 2.34 bits per heavy atom. The van der Waals surface area contributed by atoms with Crippen LogP contribution >= 0.6 is 0 Å². The number of benzene rings is 2. The predicted octanol–water partition coefficient (Wildman–Crippen LogP) is 3.57. The molecule has 7 heteroatoms. The molecule has 0 saturated carbocycles. The molecular weight excluding hydrogens is 374 g/mol. The molecule has 1 N–H and O–H groups in total. The van der Waals surface area contributed by atoms with Gasteiger partial charge in [-0.3, -0.25) is 14.1 Å². The summed E-state index contributed by atoms with van der Waals surface area (Å²) in [5, 5.41) is 0. The Kier molecular flexibility index (Phi) is 4.24. The van der Waals surface area contributed by atoms with Gasteiger partial charge in [0.2, 0.25) is 0 Å². The third-order valence-electron chi connectivity index (χ3n) is 5.38. The molecule has 0 bridgehead atoms. The lowest BCUT2D eigenvalue weighted by Gasteiger charge is -2.39. The van der Waals surface area contributed by atoms with Crippen LogP contribution in [0.2, 0.25) is 0 Å². The molecule has 0 unspecified atom stereocenters. The van der Waals surface area contributed by atoms with Crippen molar-refractivity contribution < 1.29 is 8.78 Å². The topological polar surface area (TPSA) is 53.4 Å². The van der Waals surface area contributed by atoms with Gasteiger partial charge in [0, 0.05) is 43.0 Å². The molecule has 2 aromatic heterocycles. The van der Waals surface area contributed by atoms with Crippen molar-refractivity contribution in [2.45, 2.75) is 12.5 Å². The van der Waals surface area contributed by atoms with Crippen LogP contribution in [0.15, 0.2) is 65.7 Å². The van der Waals surface area contributed by atoms with Crippen molar-refractivity contribution in [2.75, 3.05) is 13.1 Å². The molecule has 0 radical (unpaired) electrons. The van der Waals surface area contributed by atoms with Crippen LogP contribution in [0.1, 0.15) is 17.2 Å².